The summed E-state index contributed by atoms with van der Waals surface area (Å²) in [5.74, 6) is 0. The maximum absolute atomic E-state index is 6.07. The van der Waals surface area contributed by atoms with Crippen LogP contribution in [0.3, 0.4) is 0 Å². The molecule has 1 heteroatoms. The lowest BCUT2D eigenvalue weighted by atomic mass is 9.53. The zero-order chi connectivity index (χ0) is 41.3. The van der Waals surface area contributed by atoms with Gasteiger partial charge in [-0.05, 0) is 111 Å². The largest absolute Gasteiger partial charge is 0.374 e. The molecule has 4 fully saturated rings. The maximum Gasteiger partial charge on any atom is 0.0779 e. The van der Waals surface area contributed by atoms with Gasteiger partial charge in [0.05, 0.1) is 5.60 Å². The van der Waals surface area contributed by atoms with Crippen molar-refractivity contribution in [3.8, 4) is 0 Å². The lowest BCUT2D eigenvalue weighted by Crippen LogP contribution is -2.52. The van der Waals surface area contributed by atoms with E-state index in [1.807, 2.05) is 0 Å². The Hall–Kier alpha value is -0.0400. The molecule has 3 saturated carbocycles. The first-order valence-electron chi connectivity index (χ1n) is 22.5. The summed E-state index contributed by atoms with van der Waals surface area (Å²) in [6.07, 6.45) is 19.6. The van der Waals surface area contributed by atoms with Gasteiger partial charge in [-0.2, -0.15) is 0 Å². The molecule has 1 saturated heterocycles. The summed E-state index contributed by atoms with van der Waals surface area (Å²) >= 11 is 0. The Bertz CT molecular complexity index is 796. The highest BCUT2D eigenvalue weighted by atomic mass is 16.5. The minimum Gasteiger partial charge on any atom is -0.374 e. The van der Waals surface area contributed by atoms with Gasteiger partial charge in [-0.1, -0.05) is 205 Å². The average Bonchev–Trinajstić information content (AvgIpc) is 3.72. The summed E-state index contributed by atoms with van der Waals surface area (Å²) < 4.78 is 6.07. The Morgan fingerprint density at radius 2 is 0.442 bits per heavy atom. The van der Waals surface area contributed by atoms with Crippen molar-refractivity contribution < 1.29 is 4.74 Å². The Morgan fingerprint density at radius 1 is 0.250 bits per heavy atom. The summed E-state index contributed by atoms with van der Waals surface area (Å²) in [7, 11) is 0. The van der Waals surface area contributed by atoms with Gasteiger partial charge in [0, 0.05) is 6.61 Å². The lowest BCUT2D eigenvalue weighted by Gasteiger charge is -2.52. The van der Waals surface area contributed by atoms with Crippen molar-refractivity contribution in [3.63, 3.8) is 0 Å². The minimum absolute atomic E-state index is 0.0694. The van der Waals surface area contributed by atoms with E-state index in [-0.39, 0.29) is 16.4 Å². The molecule has 0 N–H and O–H groups in total. The zero-order valence-electron chi connectivity index (χ0n) is 41.0. The third kappa shape index (κ3) is 10.3. The van der Waals surface area contributed by atoms with Crippen LogP contribution in [0.25, 0.3) is 0 Å². The molecule has 3 aliphatic carbocycles. The predicted octanol–water partition coefficient (Wildman–Crippen LogP) is 17.5. The summed E-state index contributed by atoms with van der Waals surface area (Å²) in [6, 6.07) is 0. The molecule has 0 unspecified atom stereocenters. The second kappa shape index (κ2) is 16.4. The zero-order valence-corrected chi connectivity index (χ0v) is 41.0. The third-order valence-electron chi connectivity index (χ3n) is 16.4. The molecule has 0 aromatic heterocycles. The van der Waals surface area contributed by atoms with Crippen molar-refractivity contribution >= 4 is 0 Å². The van der Waals surface area contributed by atoms with Gasteiger partial charge in [0.15, 0.2) is 0 Å². The van der Waals surface area contributed by atoms with E-state index < -0.39 is 0 Å². The van der Waals surface area contributed by atoms with Crippen molar-refractivity contribution in [1.82, 2.24) is 0 Å². The number of rotatable bonds is 0. The van der Waals surface area contributed by atoms with E-state index in [2.05, 4.69) is 166 Å². The molecule has 0 bridgehead atoms. The van der Waals surface area contributed by atoms with Crippen LogP contribution in [0.5, 0.6) is 0 Å². The van der Waals surface area contributed by atoms with E-state index in [4.69, 9.17) is 4.74 Å². The Labute approximate surface area is 331 Å². The van der Waals surface area contributed by atoms with Crippen molar-refractivity contribution in [2.45, 2.75) is 262 Å². The fraction of sp³-hybridized carbons (Fsp3) is 1.00. The molecule has 0 aromatic carbocycles. The monoisotopic (exact) mass is 731 g/mol. The first-order valence-corrected chi connectivity index (χ1v) is 22.5. The van der Waals surface area contributed by atoms with Gasteiger partial charge in [-0.15, -0.1) is 0 Å². The number of hydrogen-bond donors (Lipinski definition) is 0. The Morgan fingerprint density at radius 3 is 0.519 bits per heavy atom. The number of hydrogen-bond acceptors (Lipinski definition) is 1. The van der Waals surface area contributed by atoms with Crippen molar-refractivity contribution in [3.05, 3.63) is 0 Å². The lowest BCUT2D eigenvalue weighted by molar-refractivity contribution is -0.148. The normalized spacial score (nSPS) is 23.5. The van der Waals surface area contributed by atoms with Crippen LogP contribution in [-0.4, -0.2) is 12.2 Å². The van der Waals surface area contributed by atoms with E-state index in [1.54, 1.807) is 0 Å². The van der Waals surface area contributed by atoms with Gasteiger partial charge in [0.1, 0.15) is 0 Å². The topological polar surface area (TPSA) is 9.23 Å². The second-order valence-corrected chi connectivity index (χ2v) is 26.6. The van der Waals surface area contributed by atoms with Crippen LogP contribution >= 0.6 is 0 Å². The molecule has 4 aliphatic rings. The fourth-order valence-electron chi connectivity index (χ4n) is 13.8. The van der Waals surface area contributed by atoms with Gasteiger partial charge in [-0.3, -0.25) is 0 Å². The molecule has 0 amide bonds. The average molecular weight is 731 g/mol. The standard InChI is InChI=1S/3C13H26.C12H24O/c3*1-11(2,3)13(12(4,5)6)9-7-8-10-13;1-10(2,3)12(11(4,5)6)8-7-9-13-12/h3*7-10H2,1-6H3;7-9H2,1-6H3. The molecule has 52 heavy (non-hydrogen) atoms. The SMILES string of the molecule is CC(C)(C)C1(C(C)(C)C)CCCC1.CC(C)(C)C1(C(C)(C)C)CCCC1.CC(C)(C)C1(C(C)(C)C)CCCC1.CC(C)(C)C1(C(C)(C)C)CCCO1. The van der Waals surface area contributed by atoms with Crippen LogP contribution in [0, 0.1) is 59.6 Å². The van der Waals surface area contributed by atoms with Crippen LogP contribution in [0.4, 0.5) is 0 Å². The van der Waals surface area contributed by atoms with Gasteiger partial charge >= 0.3 is 0 Å². The highest BCUT2D eigenvalue weighted by molar-refractivity contribution is 5.04. The van der Waals surface area contributed by atoms with Crippen LogP contribution in [0.15, 0.2) is 0 Å². The first-order chi connectivity index (χ1) is 22.8. The summed E-state index contributed by atoms with van der Waals surface area (Å²) in [6.45, 7) is 58.3. The van der Waals surface area contributed by atoms with Gasteiger partial charge in [-0.25, -0.2) is 0 Å². The fourth-order valence-corrected chi connectivity index (χ4v) is 13.8. The Kier molecular flexibility index (Phi) is 15.8. The van der Waals surface area contributed by atoms with Crippen molar-refractivity contribution in [2.75, 3.05) is 6.61 Å². The van der Waals surface area contributed by atoms with E-state index >= 15 is 0 Å². The predicted molar refractivity (Wildman–Crippen MR) is 236 cm³/mol. The van der Waals surface area contributed by atoms with Crippen LogP contribution in [0.2, 0.25) is 0 Å². The quantitative estimate of drug-likeness (QED) is 0.241. The number of ether oxygens (including phenoxy) is 1. The molecule has 4 rings (SSSR count). The molecule has 1 aliphatic heterocycles. The van der Waals surface area contributed by atoms with Crippen molar-refractivity contribution in [2.24, 2.45) is 59.6 Å². The van der Waals surface area contributed by atoms with Crippen LogP contribution < -0.4 is 0 Å². The molecular formula is C51H102O. The maximum atomic E-state index is 6.07. The molecule has 0 radical (unpaired) electrons. The summed E-state index contributed by atoms with van der Waals surface area (Å²) in [5.41, 5.74) is 5.01. The molecule has 1 heterocycles. The highest BCUT2D eigenvalue weighted by Crippen LogP contribution is 2.63. The van der Waals surface area contributed by atoms with E-state index in [1.165, 1.54) is 89.9 Å². The second-order valence-electron chi connectivity index (χ2n) is 26.6. The molecule has 0 atom stereocenters. The van der Waals surface area contributed by atoms with Gasteiger partial charge < -0.3 is 4.74 Å². The first kappa shape index (κ1) is 50.0. The molecule has 0 aromatic rings. The van der Waals surface area contributed by atoms with E-state index in [0.29, 0.717) is 48.7 Å². The molecule has 312 valence electrons. The summed E-state index contributed by atoms with van der Waals surface area (Å²) in [5, 5.41) is 0. The van der Waals surface area contributed by atoms with Crippen LogP contribution in [0.1, 0.15) is 256 Å². The Balaban J connectivity index is 0.000000347. The van der Waals surface area contributed by atoms with E-state index in [9.17, 15) is 0 Å². The van der Waals surface area contributed by atoms with Crippen LogP contribution in [-0.2, 0) is 4.74 Å². The minimum atomic E-state index is 0.0694. The summed E-state index contributed by atoms with van der Waals surface area (Å²) in [4.78, 5) is 0. The molecule has 1 nitrogen and oxygen atoms in total. The molecule has 0 spiro atoms. The third-order valence-corrected chi connectivity index (χ3v) is 16.4. The smallest absolute Gasteiger partial charge is 0.0779 e. The van der Waals surface area contributed by atoms with Gasteiger partial charge in [0.25, 0.3) is 0 Å². The van der Waals surface area contributed by atoms with Gasteiger partial charge in [0.2, 0.25) is 0 Å². The van der Waals surface area contributed by atoms with E-state index in [0.717, 1.165) is 6.61 Å². The highest BCUT2D eigenvalue weighted by Gasteiger charge is 2.55. The van der Waals surface area contributed by atoms with Crippen molar-refractivity contribution in [1.29, 1.82) is 0 Å². The molecular weight excluding hydrogens is 629 g/mol.